The quantitative estimate of drug-likeness (QED) is 0.923. The van der Waals surface area contributed by atoms with Crippen LogP contribution >= 0.6 is 15.9 Å². The molecule has 0 aromatic heterocycles. The molecule has 0 heterocycles. The Morgan fingerprint density at radius 2 is 2.12 bits per heavy atom. The van der Waals surface area contributed by atoms with Gasteiger partial charge in [0.05, 0.1) is 10.5 Å². The zero-order chi connectivity index (χ0) is 12.3. The first-order chi connectivity index (χ1) is 8.20. The Labute approximate surface area is 109 Å². The second-order valence-corrected chi connectivity index (χ2v) is 5.24. The van der Waals surface area contributed by atoms with Crippen molar-refractivity contribution in [2.24, 2.45) is 0 Å². The Hall–Kier alpha value is -0.920. The van der Waals surface area contributed by atoms with E-state index in [9.17, 15) is 9.65 Å². The minimum Gasteiger partial charge on any atom is -0.295 e. The highest BCUT2D eigenvalue weighted by Crippen LogP contribution is 2.24. The molecule has 1 saturated carbocycles. The molecule has 0 aliphatic heterocycles. The third-order valence-corrected chi connectivity index (χ3v) is 3.77. The summed E-state index contributed by atoms with van der Waals surface area (Å²) in [6.07, 6.45) is 4.70. The Bertz CT molecular complexity index is 436. The molecule has 4 heteroatoms. The molecular formula is C13H14BrFN2. The zero-order valence-electron chi connectivity index (χ0n) is 9.42. The molecule has 1 aliphatic rings. The van der Waals surface area contributed by atoms with Gasteiger partial charge in [0.2, 0.25) is 0 Å². The summed E-state index contributed by atoms with van der Waals surface area (Å²) in [5, 5.41) is 12.5. The third-order valence-electron chi connectivity index (χ3n) is 3.16. The monoisotopic (exact) mass is 296 g/mol. The molecule has 0 bridgehead atoms. The van der Waals surface area contributed by atoms with Crippen LogP contribution in [0.25, 0.3) is 0 Å². The maximum atomic E-state index is 13.1. The lowest BCUT2D eigenvalue weighted by Gasteiger charge is -2.17. The fourth-order valence-corrected chi connectivity index (χ4v) is 2.62. The minimum absolute atomic E-state index is 0.300. The van der Waals surface area contributed by atoms with Gasteiger partial charge in [-0.15, -0.1) is 0 Å². The predicted molar refractivity (Wildman–Crippen MR) is 67.8 cm³/mol. The van der Waals surface area contributed by atoms with E-state index in [0.717, 1.165) is 18.4 Å². The minimum atomic E-state index is -0.352. The summed E-state index contributed by atoms with van der Waals surface area (Å²) >= 11 is 3.14. The lowest BCUT2D eigenvalue weighted by atomic mass is 10.1. The molecule has 0 radical (unpaired) electrons. The van der Waals surface area contributed by atoms with Crippen molar-refractivity contribution in [1.29, 1.82) is 5.26 Å². The second kappa shape index (κ2) is 5.61. The lowest BCUT2D eigenvalue weighted by Crippen LogP contribution is -2.29. The Balaban J connectivity index is 2.11. The maximum absolute atomic E-state index is 13.1. The Morgan fingerprint density at radius 1 is 1.41 bits per heavy atom. The van der Waals surface area contributed by atoms with E-state index in [4.69, 9.17) is 0 Å². The normalized spacial score (nSPS) is 17.9. The SMILES string of the molecule is N#CC(NC1CCCC1)c1ccc(F)c(Br)c1. The number of nitrogens with zero attached hydrogens (tertiary/aromatic N) is 1. The molecular weight excluding hydrogens is 283 g/mol. The van der Waals surface area contributed by atoms with Crippen LogP contribution in [0.4, 0.5) is 4.39 Å². The molecule has 1 fully saturated rings. The number of rotatable bonds is 3. The summed E-state index contributed by atoms with van der Waals surface area (Å²) in [7, 11) is 0. The van der Waals surface area contributed by atoms with Gasteiger partial charge in [0.15, 0.2) is 0 Å². The number of benzene rings is 1. The molecule has 1 aromatic carbocycles. The number of hydrogen-bond acceptors (Lipinski definition) is 2. The Morgan fingerprint density at radius 3 is 2.71 bits per heavy atom. The summed E-state index contributed by atoms with van der Waals surface area (Å²) in [6.45, 7) is 0. The van der Waals surface area contributed by atoms with Crippen LogP contribution in [0.2, 0.25) is 0 Å². The molecule has 0 spiro atoms. The van der Waals surface area contributed by atoms with Crippen molar-refractivity contribution in [2.45, 2.75) is 37.8 Å². The van der Waals surface area contributed by atoms with Gasteiger partial charge in [-0.05, 0) is 46.5 Å². The highest BCUT2D eigenvalue weighted by atomic mass is 79.9. The molecule has 0 saturated heterocycles. The topological polar surface area (TPSA) is 35.8 Å². The predicted octanol–water partition coefficient (Wildman–Crippen LogP) is 3.69. The van der Waals surface area contributed by atoms with E-state index in [1.165, 1.54) is 18.9 Å². The van der Waals surface area contributed by atoms with Gasteiger partial charge in [0, 0.05) is 6.04 Å². The number of hydrogen-bond donors (Lipinski definition) is 1. The van der Waals surface area contributed by atoms with E-state index in [-0.39, 0.29) is 11.9 Å². The molecule has 1 aliphatic carbocycles. The molecule has 17 heavy (non-hydrogen) atoms. The second-order valence-electron chi connectivity index (χ2n) is 4.38. The lowest BCUT2D eigenvalue weighted by molar-refractivity contribution is 0.491. The van der Waals surface area contributed by atoms with Gasteiger partial charge in [-0.25, -0.2) is 4.39 Å². The van der Waals surface area contributed by atoms with E-state index in [2.05, 4.69) is 27.3 Å². The van der Waals surface area contributed by atoms with Crippen molar-refractivity contribution >= 4 is 15.9 Å². The first kappa shape index (κ1) is 12.5. The van der Waals surface area contributed by atoms with Crippen LogP contribution in [0.15, 0.2) is 22.7 Å². The molecule has 1 atom stereocenters. The van der Waals surface area contributed by atoms with Crippen molar-refractivity contribution in [3.63, 3.8) is 0 Å². The number of nitriles is 1. The van der Waals surface area contributed by atoms with Crippen molar-refractivity contribution in [3.8, 4) is 6.07 Å². The van der Waals surface area contributed by atoms with Gasteiger partial charge in [0.1, 0.15) is 11.9 Å². The van der Waals surface area contributed by atoms with Crippen molar-refractivity contribution in [3.05, 3.63) is 34.1 Å². The highest BCUT2D eigenvalue weighted by Gasteiger charge is 2.20. The largest absolute Gasteiger partial charge is 0.295 e. The van der Waals surface area contributed by atoms with E-state index in [0.29, 0.717) is 10.5 Å². The summed E-state index contributed by atoms with van der Waals surface area (Å²) in [6, 6.07) is 7.03. The van der Waals surface area contributed by atoms with Gasteiger partial charge in [-0.1, -0.05) is 18.9 Å². The van der Waals surface area contributed by atoms with Crippen LogP contribution in [-0.4, -0.2) is 6.04 Å². The van der Waals surface area contributed by atoms with Crippen LogP contribution in [0, 0.1) is 17.1 Å². The van der Waals surface area contributed by atoms with Crippen molar-refractivity contribution < 1.29 is 4.39 Å². The highest BCUT2D eigenvalue weighted by molar-refractivity contribution is 9.10. The van der Waals surface area contributed by atoms with E-state index >= 15 is 0 Å². The number of nitrogens with one attached hydrogen (secondary N) is 1. The van der Waals surface area contributed by atoms with Crippen LogP contribution in [0.3, 0.4) is 0 Å². The summed E-state index contributed by atoms with van der Waals surface area (Å²) < 4.78 is 13.5. The first-order valence-electron chi connectivity index (χ1n) is 5.81. The smallest absolute Gasteiger partial charge is 0.137 e. The molecule has 2 rings (SSSR count). The van der Waals surface area contributed by atoms with E-state index in [1.54, 1.807) is 12.1 Å². The van der Waals surface area contributed by atoms with Gasteiger partial charge < -0.3 is 0 Å². The van der Waals surface area contributed by atoms with Crippen molar-refractivity contribution in [2.75, 3.05) is 0 Å². The van der Waals surface area contributed by atoms with E-state index in [1.807, 2.05) is 0 Å². The standard InChI is InChI=1S/C13H14BrFN2/c14-11-7-9(5-6-12(11)15)13(8-16)17-10-3-1-2-4-10/h5-7,10,13,17H,1-4H2. The van der Waals surface area contributed by atoms with Gasteiger partial charge in [-0.3, -0.25) is 5.32 Å². The van der Waals surface area contributed by atoms with Gasteiger partial charge in [-0.2, -0.15) is 5.26 Å². The van der Waals surface area contributed by atoms with Gasteiger partial charge in [0.25, 0.3) is 0 Å². The van der Waals surface area contributed by atoms with Gasteiger partial charge >= 0.3 is 0 Å². The Kier molecular flexibility index (Phi) is 4.14. The van der Waals surface area contributed by atoms with Crippen LogP contribution in [0.5, 0.6) is 0 Å². The fourth-order valence-electron chi connectivity index (χ4n) is 2.23. The molecule has 0 amide bonds. The molecule has 2 nitrogen and oxygen atoms in total. The summed E-state index contributed by atoms with van der Waals surface area (Å²) in [4.78, 5) is 0. The number of halogens is 2. The average molecular weight is 297 g/mol. The first-order valence-corrected chi connectivity index (χ1v) is 6.60. The molecule has 1 aromatic rings. The van der Waals surface area contributed by atoms with Crippen LogP contribution in [-0.2, 0) is 0 Å². The van der Waals surface area contributed by atoms with Crippen LogP contribution in [0.1, 0.15) is 37.3 Å². The molecule has 1 unspecified atom stereocenters. The van der Waals surface area contributed by atoms with Crippen LogP contribution < -0.4 is 5.32 Å². The molecule has 1 N–H and O–H groups in total. The molecule has 90 valence electrons. The maximum Gasteiger partial charge on any atom is 0.137 e. The third kappa shape index (κ3) is 3.05. The summed E-state index contributed by atoms with van der Waals surface area (Å²) in [5.41, 5.74) is 0.813. The summed E-state index contributed by atoms with van der Waals surface area (Å²) in [5.74, 6) is -0.300. The van der Waals surface area contributed by atoms with E-state index < -0.39 is 0 Å². The van der Waals surface area contributed by atoms with Crippen molar-refractivity contribution in [1.82, 2.24) is 5.32 Å². The fraction of sp³-hybridized carbons (Fsp3) is 0.462. The zero-order valence-corrected chi connectivity index (χ0v) is 11.0. The average Bonchev–Trinajstić information content (AvgIpc) is 2.82.